The summed E-state index contributed by atoms with van der Waals surface area (Å²) < 4.78 is 5.30. The number of amides is 1. The van der Waals surface area contributed by atoms with E-state index in [4.69, 9.17) is 4.74 Å². The largest absolute Gasteiger partial charge is 0.497 e. The molecule has 0 saturated carbocycles. The van der Waals surface area contributed by atoms with Crippen molar-refractivity contribution in [3.8, 4) is 5.75 Å². The lowest BCUT2D eigenvalue weighted by Crippen LogP contribution is -2.33. The smallest absolute Gasteiger partial charge is 0.272 e. The van der Waals surface area contributed by atoms with Gasteiger partial charge in [0.1, 0.15) is 11.4 Å². The van der Waals surface area contributed by atoms with Gasteiger partial charge in [0.2, 0.25) is 0 Å². The van der Waals surface area contributed by atoms with Crippen LogP contribution in [-0.4, -0.2) is 54.5 Å². The van der Waals surface area contributed by atoms with Crippen molar-refractivity contribution in [3.63, 3.8) is 0 Å². The zero-order valence-electron chi connectivity index (χ0n) is 16.8. The van der Waals surface area contributed by atoms with Crippen molar-refractivity contribution in [1.82, 2.24) is 14.8 Å². The number of hydrogen-bond acceptors (Lipinski definition) is 4. The number of likely N-dealkylation sites (tertiary alicyclic amines) is 2. The summed E-state index contributed by atoms with van der Waals surface area (Å²) in [4.78, 5) is 22.0. The average Bonchev–Trinajstić information content (AvgIpc) is 3.29. The molecule has 5 rings (SSSR count). The summed E-state index contributed by atoms with van der Waals surface area (Å²) in [5, 5.41) is 2.12. The van der Waals surface area contributed by atoms with Crippen LogP contribution < -0.4 is 4.74 Å². The second-order valence-corrected chi connectivity index (χ2v) is 8.21. The van der Waals surface area contributed by atoms with E-state index in [9.17, 15) is 4.79 Å². The number of fused-ring (bicyclic) bond motifs is 2. The van der Waals surface area contributed by atoms with Gasteiger partial charge in [-0.15, -0.1) is 0 Å². The van der Waals surface area contributed by atoms with Gasteiger partial charge in [-0.3, -0.25) is 14.7 Å². The summed E-state index contributed by atoms with van der Waals surface area (Å²) in [6.07, 6.45) is 1.80. The van der Waals surface area contributed by atoms with E-state index >= 15 is 0 Å². The third-order valence-corrected chi connectivity index (χ3v) is 6.49. The summed E-state index contributed by atoms with van der Waals surface area (Å²) in [6.45, 7) is 2.59. The first-order valence-electron chi connectivity index (χ1n) is 10.1. The Morgan fingerprint density at radius 2 is 1.79 bits per heavy atom. The van der Waals surface area contributed by atoms with E-state index in [1.54, 1.807) is 13.3 Å². The summed E-state index contributed by atoms with van der Waals surface area (Å²) in [5.74, 6) is 1.85. The van der Waals surface area contributed by atoms with Crippen LogP contribution in [0.4, 0.5) is 0 Å². The third kappa shape index (κ3) is 3.15. The maximum absolute atomic E-state index is 13.2. The van der Waals surface area contributed by atoms with Crippen molar-refractivity contribution in [2.24, 2.45) is 11.8 Å². The second kappa shape index (κ2) is 7.16. The number of rotatable bonds is 3. The van der Waals surface area contributed by atoms with Gasteiger partial charge in [-0.25, -0.2) is 0 Å². The number of pyridine rings is 1. The topological polar surface area (TPSA) is 45.7 Å². The zero-order valence-corrected chi connectivity index (χ0v) is 16.8. The van der Waals surface area contributed by atoms with E-state index in [0.717, 1.165) is 36.2 Å². The van der Waals surface area contributed by atoms with E-state index in [1.807, 2.05) is 47.4 Å². The van der Waals surface area contributed by atoms with Crippen LogP contribution in [0.25, 0.3) is 10.8 Å². The quantitative estimate of drug-likeness (QED) is 0.689. The fraction of sp³-hybridized carbons (Fsp3) is 0.333. The number of ether oxygens (including phenoxy) is 1. The average molecular weight is 387 g/mol. The molecule has 2 saturated heterocycles. The van der Waals surface area contributed by atoms with E-state index in [2.05, 4.69) is 29.1 Å². The van der Waals surface area contributed by atoms with Gasteiger partial charge in [0.15, 0.2) is 0 Å². The highest BCUT2D eigenvalue weighted by atomic mass is 16.5. The number of hydrogen-bond donors (Lipinski definition) is 0. The zero-order chi connectivity index (χ0) is 20.0. The standard InChI is InChI=1S/C24H25N3O2/c1-26-13-19-14-27(15-21(19)23(26)16-7-9-20(29-2)10-8-16)24(28)22-11-17-5-3-4-6-18(17)12-25-22/h3-12,19,21,23H,13-15H2,1-2H3/t19-,21+,23+/m0/s1. The fourth-order valence-electron chi connectivity index (χ4n) is 5.09. The molecule has 5 heteroatoms. The molecule has 2 aromatic carbocycles. The van der Waals surface area contributed by atoms with E-state index in [1.165, 1.54) is 5.56 Å². The maximum atomic E-state index is 13.2. The molecule has 3 heterocycles. The Bertz CT molecular complexity index is 1050. The molecule has 0 unspecified atom stereocenters. The number of methoxy groups -OCH3 is 1. The van der Waals surface area contributed by atoms with Gasteiger partial charge < -0.3 is 9.64 Å². The van der Waals surface area contributed by atoms with Crippen LogP contribution in [0.2, 0.25) is 0 Å². The number of carbonyl (C=O) groups excluding carboxylic acids is 1. The van der Waals surface area contributed by atoms with Gasteiger partial charge in [0.25, 0.3) is 5.91 Å². The molecule has 1 amide bonds. The lowest BCUT2D eigenvalue weighted by atomic mass is 9.89. The second-order valence-electron chi connectivity index (χ2n) is 8.21. The van der Waals surface area contributed by atoms with Gasteiger partial charge in [0, 0.05) is 43.2 Å². The first kappa shape index (κ1) is 18.1. The number of carbonyl (C=O) groups is 1. The van der Waals surface area contributed by atoms with Crippen LogP contribution in [0.1, 0.15) is 22.1 Å². The predicted octanol–water partition coefficient (Wildman–Crippen LogP) is 3.62. The fourth-order valence-corrected chi connectivity index (χ4v) is 5.09. The van der Waals surface area contributed by atoms with Crippen molar-refractivity contribution in [2.75, 3.05) is 33.8 Å². The normalized spacial score (nSPS) is 24.1. The molecule has 148 valence electrons. The molecule has 2 aliphatic rings. The lowest BCUT2D eigenvalue weighted by molar-refractivity contribution is 0.0762. The number of benzene rings is 2. The molecule has 0 spiro atoms. The Labute approximate surface area is 170 Å². The highest BCUT2D eigenvalue weighted by Crippen LogP contribution is 2.44. The third-order valence-electron chi connectivity index (χ3n) is 6.49. The van der Waals surface area contributed by atoms with Crippen molar-refractivity contribution in [1.29, 1.82) is 0 Å². The molecule has 0 aliphatic carbocycles. The van der Waals surface area contributed by atoms with Crippen LogP contribution in [0, 0.1) is 11.8 Å². The van der Waals surface area contributed by atoms with E-state index in [0.29, 0.717) is 23.6 Å². The Morgan fingerprint density at radius 3 is 2.55 bits per heavy atom. The van der Waals surface area contributed by atoms with Crippen LogP contribution >= 0.6 is 0 Å². The molecule has 2 aliphatic heterocycles. The minimum atomic E-state index is 0.0429. The van der Waals surface area contributed by atoms with E-state index in [-0.39, 0.29) is 5.91 Å². The molecule has 3 atom stereocenters. The highest BCUT2D eigenvalue weighted by Gasteiger charge is 2.47. The molecule has 0 bridgehead atoms. The van der Waals surface area contributed by atoms with Crippen LogP contribution in [0.3, 0.4) is 0 Å². The molecule has 0 N–H and O–H groups in total. The SMILES string of the molecule is COc1ccc([C@@H]2[C@@H]3CN(C(=O)c4cc5ccccc5cn4)C[C@@H]3CN2C)cc1. The molecule has 29 heavy (non-hydrogen) atoms. The van der Waals surface area contributed by atoms with Crippen molar-refractivity contribution < 1.29 is 9.53 Å². The Hall–Kier alpha value is -2.92. The Kier molecular flexibility index (Phi) is 4.47. The Morgan fingerprint density at radius 1 is 1.03 bits per heavy atom. The monoisotopic (exact) mass is 387 g/mol. The van der Waals surface area contributed by atoms with Crippen LogP contribution in [-0.2, 0) is 0 Å². The lowest BCUT2D eigenvalue weighted by Gasteiger charge is -2.27. The summed E-state index contributed by atoms with van der Waals surface area (Å²) >= 11 is 0. The van der Waals surface area contributed by atoms with Gasteiger partial charge in [0.05, 0.1) is 7.11 Å². The molecular formula is C24H25N3O2. The Balaban J connectivity index is 1.37. The van der Waals surface area contributed by atoms with Gasteiger partial charge in [-0.2, -0.15) is 0 Å². The van der Waals surface area contributed by atoms with Crippen molar-refractivity contribution >= 4 is 16.7 Å². The molecule has 5 nitrogen and oxygen atoms in total. The van der Waals surface area contributed by atoms with E-state index < -0.39 is 0 Å². The minimum absolute atomic E-state index is 0.0429. The first-order valence-corrected chi connectivity index (χ1v) is 10.1. The predicted molar refractivity (Wildman–Crippen MR) is 113 cm³/mol. The maximum Gasteiger partial charge on any atom is 0.272 e. The summed E-state index contributed by atoms with van der Waals surface area (Å²) in [7, 11) is 3.87. The molecule has 2 fully saturated rings. The highest BCUT2D eigenvalue weighted by molar-refractivity contribution is 5.96. The molecule has 1 aromatic heterocycles. The van der Waals surface area contributed by atoms with Crippen LogP contribution in [0.15, 0.2) is 60.8 Å². The van der Waals surface area contributed by atoms with Gasteiger partial charge in [-0.05, 0) is 42.1 Å². The summed E-state index contributed by atoms with van der Waals surface area (Å²) in [5.41, 5.74) is 1.83. The van der Waals surface area contributed by atoms with Crippen molar-refractivity contribution in [3.05, 3.63) is 72.1 Å². The van der Waals surface area contributed by atoms with Gasteiger partial charge in [-0.1, -0.05) is 36.4 Å². The summed E-state index contributed by atoms with van der Waals surface area (Å²) in [6, 6.07) is 18.6. The van der Waals surface area contributed by atoms with Crippen LogP contribution in [0.5, 0.6) is 5.75 Å². The number of nitrogens with zero attached hydrogens (tertiary/aromatic N) is 3. The molecular weight excluding hydrogens is 362 g/mol. The molecule has 0 radical (unpaired) electrons. The first-order chi connectivity index (χ1) is 14.1. The van der Waals surface area contributed by atoms with Gasteiger partial charge >= 0.3 is 0 Å². The molecule has 3 aromatic rings. The van der Waals surface area contributed by atoms with Crippen molar-refractivity contribution in [2.45, 2.75) is 6.04 Å². The number of aromatic nitrogens is 1. The minimum Gasteiger partial charge on any atom is -0.497 e.